The molecule has 1 aromatic heterocycles. The molecule has 3 nitrogen and oxygen atoms in total. The Morgan fingerprint density at radius 3 is 2.65 bits per heavy atom. The predicted octanol–water partition coefficient (Wildman–Crippen LogP) is 2.86. The van der Waals surface area contributed by atoms with Gasteiger partial charge in [0.15, 0.2) is 0 Å². The maximum Gasteiger partial charge on any atom is 0.270 e. The zero-order valence-electron chi connectivity index (χ0n) is 10.5. The summed E-state index contributed by atoms with van der Waals surface area (Å²) in [7, 11) is 0. The topological polar surface area (TPSA) is 42.0 Å². The predicted molar refractivity (Wildman–Crippen MR) is 70.3 cm³/mol. The summed E-state index contributed by atoms with van der Waals surface area (Å²) in [5, 5.41) is 2.99. The SMILES string of the molecule is CC(C)(C)C(CCCl)NC(=O)c1ccccn1. The summed E-state index contributed by atoms with van der Waals surface area (Å²) in [5.41, 5.74) is 0.426. The molecule has 0 fully saturated rings. The summed E-state index contributed by atoms with van der Waals surface area (Å²) >= 11 is 5.76. The molecule has 1 rings (SSSR count). The van der Waals surface area contributed by atoms with Gasteiger partial charge < -0.3 is 5.32 Å². The number of carbonyl (C=O) groups is 1. The van der Waals surface area contributed by atoms with Crippen molar-refractivity contribution in [3.8, 4) is 0 Å². The van der Waals surface area contributed by atoms with Gasteiger partial charge in [0.25, 0.3) is 5.91 Å². The van der Waals surface area contributed by atoms with Gasteiger partial charge >= 0.3 is 0 Å². The van der Waals surface area contributed by atoms with Crippen LogP contribution in [0.5, 0.6) is 0 Å². The molecule has 0 spiro atoms. The lowest BCUT2D eigenvalue weighted by Gasteiger charge is -2.31. The van der Waals surface area contributed by atoms with Crippen LogP contribution in [0.4, 0.5) is 0 Å². The first kappa shape index (κ1) is 14.0. The Balaban J connectivity index is 2.71. The standard InChI is InChI=1S/C13H19ClN2O/c1-13(2,3)11(7-8-14)16-12(17)10-6-4-5-9-15-10/h4-6,9,11H,7-8H2,1-3H3,(H,16,17). The molecule has 0 radical (unpaired) electrons. The van der Waals surface area contributed by atoms with E-state index in [9.17, 15) is 4.79 Å². The van der Waals surface area contributed by atoms with Crippen molar-refractivity contribution in [2.45, 2.75) is 33.2 Å². The van der Waals surface area contributed by atoms with Crippen LogP contribution in [-0.2, 0) is 0 Å². The molecule has 0 saturated carbocycles. The molecule has 0 bridgehead atoms. The Bertz CT molecular complexity index is 359. The zero-order valence-corrected chi connectivity index (χ0v) is 11.3. The molecular formula is C13H19ClN2O. The molecular weight excluding hydrogens is 236 g/mol. The minimum absolute atomic E-state index is 0.0146. The number of hydrogen-bond acceptors (Lipinski definition) is 2. The molecule has 1 unspecified atom stereocenters. The zero-order chi connectivity index (χ0) is 12.9. The Kier molecular flexibility index (Phi) is 4.94. The highest BCUT2D eigenvalue weighted by Gasteiger charge is 2.26. The third-order valence-electron chi connectivity index (χ3n) is 2.65. The highest BCUT2D eigenvalue weighted by molar-refractivity contribution is 6.17. The Morgan fingerprint density at radius 1 is 1.47 bits per heavy atom. The number of pyridine rings is 1. The van der Waals surface area contributed by atoms with Crippen LogP contribution < -0.4 is 5.32 Å². The third kappa shape index (κ3) is 4.35. The van der Waals surface area contributed by atoms with E-state index in [4.69, 9.17) is 11.6 Å². The van der Waals surface area contributed by atoms with Gasteiger partial charge in [-0.1, -0.05) is 26.8 Å². The number of halogens is 1. The van der Waals surface area contributed by atoms with Crippen molar-refractivity contribution in [2.75, 3.05) is 5.88 Å². The van der Waals surface area contributed by atoms with Crippen LogP contribution in [0.1, 0.15) is 37.7 Å². The van der Waals surface area contributed by atoms with Crippen LogP contribution in [-0.4, -0.2) is 22.8 Å². The second-order valence-electron chi connectivity index (χ2n) is 5.08. The van der Waals surface area contributed by atoms with Crippen LogP contribution in [0.3, 0.4) is 0 Å². The first-order valence-corrected chi connectivity index (χ1v) is 6.26. The van der Waals surface area contributed by atoms with Gasteiger partial charge in [0, 0.05) is 18.1 Å². The number of nitrogens with one attached hydrogen (secondary N) is 1. The normalized spacial score (nSPS) is 13.2. The number of alkyl halides is 1. The molecule has 1 heterocycles. The molecule has 1 aromatic rings. The summed E-state index contributed by atoms with van der Waals surface area (Å²) in [6, 6.07) is 5.34. The van der Waals surface area contributed by atoms with Crippen LogP contribution in [0.15, 0.2) is 24.4 Å². The van der Waals surface area contributed by atoms with Crippen molar-refractivity contribution in [1.29, 1.82) is 0 Å². The van der Waals surface area contributed by atoms with Gasteiger partial charge in [0.2, 0.25) is 0 Å². The summed E-state index contributed by atoms with van der Waals surface area (Å²) in [6.45, 7) is 6.26. The van der Waals surface area contributed by atoms with Gasteiger partial charge in [-0.05, 0) is 24.0 Å². The van der Waals surface area contributed by atoms with Crippen molar-refractivity contribution in [2.24, 2.45) is 5.41 Å². The number of hydrogen-bond donors (Lipinski definition) is 1. The number of carbonyl (C=O) groups excluding carboxylic acids is 1. The van der Waals surface area contributed by atoms with Crippen LogP contribution in [0, 0.1) is 5.41 Å². The van der Waals surface area contributed by atoms with Crippen LogP contribution >= 0.6 is 11.6 Å². The average Bonchev–Trinajstić information content (AvgIpc) is 2.28. The van der Waals surface area contributed by atoms with Gasteiger partial charge in [-0.3, -0.25) is 9.78 Å². The van der Waals surface area contributed by atoms with Crippen molar-refractivity contribution in [3.05, 3.63) is 30.1 Å². The number of aromatic nitrogens is 1. The highest BCUT2D eigenvalue weighted by Crippen LogP contribution is 2.22. The molecule has 0 aliphatic heterocycles. The van der Waals surface area contributed by atoms with Crippen LogP contribution in [0.25, 0.3) is 0 Å². The fourth-order valence-electron chi connectivity index (χ4n) is 1.56. The maximum absolute atomic E-state index is 12.0. The van der Waals surface area contributed by atoms with E-state index in [1.165, 1.54) is 0 Å². The van der Waals surface area contributed by atoms with Gasteiger partial charge in [-0.2, -0.15) is 0 Å². The molecule has 1 N–H and O–H groups in total. The molecule has 0 aromatic carbocycles. The molecule has 1 amide bonds. The Labute approximate surface area is 108 Å². The summed E-state index contributed by atoms with van der Waals surface area (Å²) in [5.74, 6) is 0.389. The van der Waals surface area contributed by atoms with Crippen molar-refractivity contribution in [3.63, 3.8) is 0 Å². The molecule has 0 aliphatic rings. The molecule has 0 aliphatic carbocycles. The van der Waals surface area contributed by atoms with E-state index in [-0.39, 0.29) is 17.4 Å². The second-order valence-corrected chi connectivity index (χ2v) is 5.46. The number of nitrogens with zero attached hydrogens (tertiary/aromatic N) is 1. The molecule has 17 heavy (non-hydrogen) atoms. The smallest absolute Gasteiger partial charge is 0.270 e. The van der Waals surface area contributed by atoms with E-state index in [1.807, 2.05) is 0 Å². The van der Waals surface area contributed by atoms with Crippen molar-refractivity contribution < 1.29 is 4.79 Å². The highest BCUT2D eigenvalue weighted by atomic mass is 35.5. The summed E-state index contributed by atoms with van der Waals surface area (Å²) in [6.07, 6.45) is 2.37. The molecule has 4 heteroatoms. The second kappa shape index (κ2) is 6.01. The first-order chi connectivity index (χ1) is 7.95. The van der Waals surface area contributed by atoms with E-state index in [2.05, 4.69) is 31.1 Å². The maximum atomic E-state index is 12.0. The lowest BCUT2D eigenvalue weighted by atomic mass is 9.85. The largest absolute Gasteiger partial charge is 0.347 e. The quantitative estimate of drug-likeness (QED) is 0.840. The Hall–Kier alpha value is -1.09. The Morgan fingerprint density at radius 2 is 2.18 bits per heavy atom. The van der Waals surface area contributed by atoms with E-state index < -0.39 is 0 Å². The van der Waals surface area contributed by atoms with Gasteiger partial charge in [0.05, 0.1) is 0 Å². The molecule has 94 valence electrons. The lowest BCUT2D eigenvalue weighted by Crippen LogP contribution is -2.44. The minimum atomic E-state index is -0.143. The van der Waals surface area contributed by atoms with Crippen molar-refractivity contribution >= 4 is 17.5 Å². The molecule has 0 saturated heterocycles. The average molecular weight is 255 g/mol. The van der Waals surface area contributed by atoms with E-state index in [0.717, 1.165) is 6.42 Å². The van der Waals surface area contributed by atoms with Crippen molar-refractivity contribution in [1.82, 2.24) is 10.3 Å². The van der Waals surface area contributed by atoms with Gasteiger partial charge in [0.1, 0.15) is 5.69 Å². The lowest BCUT2D eigenvalue weighted by molar-refractivity contribution is 0.0895. The number of rotatable bonds is 4. The van der Waals surface area contributed by atoms with E-state index >= 15 is 0 Å². The fraction of sp³-hybridized carbons (Fsp3) is 0.538. The van der Waals surface area contributed by atoms with Gasteiger partial charge in [-0.25, -0.2) is 0 Å². The summed E-state index contributed by atoms with van der Waals surface area (Å²) in [4.78, 5) is 16.0. The minimum Gasteiger partial charge on any atom is -0.347 e. The fourth-order valence-corrected chi connectivity index (χ4v) is 1.78. The van der Waals surface area contributed by atoms with Gasteiger partial charge in [-0.15, -0.1) is 11.6 Å². The van der Waals surface area contributed by atoms with Crippen LogP contribution in [0.2, 0.25) is 0 Å². The monoisotopic (exact) mass is 254 g/mol. The van der Waals surface area contributed by atoms with E-state index in [0.29, 0.717) is 11.6 Å². The third-order valence-corrected chi connectivity index (χ3v) is 2.86. The summed E-state index contributed by atoms with van der Waals surface area (Å²) < 4.78 is 0. The first-order valence-electron chi connectivity index (χ1n) is 5.73. The number of amides is 1. The van der Waals surface area contributed by atoms with E-state index in [1.54, 1.807) is 24.4 Å². The molecule has 1 atom stereocenters.